The maximum absolute atomic E-state index is 12.6. The molecule has 0 saturated carbocycles. The van der Waals surface area contributed by atoms with E-state index in [1.54, 1.807) is 11.8 Å². The van der Waals surface area contributed by atoms with E-state index in [1.807, 2.05) is 12.1 Å². The van der Waals surface area contributed by atoms with Crippen LogP contribution in [0.1, 0.15) is 36.8 Å². The topological polar surface area (TPSA) is 32.3 Å². The van der Waals surface area contributed by atoms with E-state index in [-0.39, 0.29) is 11.3 Å². The highest BCUT2D eigenvalue weighted by molar-refractivity contribution is 8.01. The molecule has 2 atom stereocenters. The van der Waals surface area contributed by atoms with Crippen LogP contribution in [0.2, 0.25) is 0 Å². The average Bonchev–Trinajstić information content (AvgIpc) is 3.11. The molecule has 0 aromatic heterocycles. The van der Waals surface area contributed by atoms with Gasteiger partial charge in [-0.25, -0.2) is 0 Å². The highest BCUT2D eigenvalue weighted by Crippen LogP contribution is 2.32. The smallest absolute Gasteiger partial charge is 0.233 e. The molecule has 146 valence electrons. The first-order valence-electron chi connectivity index (χ1n) is 10.3. The van der Waals surface area contributed by atoms with Gasteiger partial charge in [-0.1, -0.05) is 67.1 Å². The maximum atomic E-state index is 12.6. The Morgan fingerprint density at radius 1 is 1.04 bits per heavy atom. The Hall–Kier alpha value is -2.04. The lowest BCUT2D eigenvalue weighted by atomic mass is 9.97. The van der Waals surface area contributed by atoms with Gasteiger partial charge in [0, 0.05) is 12.6 Å². The molecule has 2 fully saturated rings. The highest BCUT2D eigenvalue weighted by atomic mass is 32.2. The molecule has 1 amide bonds. The van der Waals surface area contributed by atoms with Crippen molar-refractivity contribution < 1.29 is 4.79 Å². The van der Waals surface area contributed by atoms with Crippen LogP contribution in [0.5, 0.6) is 0 Å². The Morgan fingerprint density at radius 2 is 1.71 bits per heavy atom. The zero-order valence-electron chi connectivity index (χ0n) is 16.2. The zero-order valence-corrected chi connectivity index (χ0v) is 17.0. The third-order valence-corrected chi connectivity index (χ3v) is 6.76. The van der Waals surface area contributed by atoms with Crippen molar-refractivity contribution in [1.29, 1.82) is 0 Å². The number of carbonyl (C=O) groups is 1. The zero-order chi connectivity index (χ0) is 19.2. The second-order valence-electron chi connectivity index (χ2n) is 7.54. The van der Waals surface area contributed by atoms with Gasteiger partial charge in [-0.15, -0.1) is 11.8 Å². The maximum Gasteiger partial charge on any atom is 0.233 e. The second-order valence-corrected chi connectivity index (χ2v) is 8.64. The number of carbonyl (C=O) groups excluding carboxylic acids is 1. The third-order valence-electron chi connectivity index (χ3n) is 5.61. The molecular weight excluding hydrogens is 364 g/mol. The molecule has 3 nitrogen and oxygen atoms in total. The second kappa shape index (κ2) is 9.44. The van der Waals surface area contributed by atoms with Gasteiger partial charge in [0.1, 0.15) is 0 Å². The van der Waals surface area contributed by atoms with Crippen LogP contribution >= 0.6 is 11.8 Å². The van der Waals surface area contributed by atoms with E-state index in [0.29, 0.717) is 11.8 Å². The van der Waals surface area contributed by atoms with Gasteiger partial charge in [-0.3, -0.25) is 4.79 Å². The van der Waals surface area contributed by atoms with Crippen molar-refractivity contribution in [3.8, 4) is 0 Å². The van der Waals surface area contributed by atoms with Gasteiger partial charge in [0.05, 0.1) is 11.1 Å². The molecule has 2 aliphatic rings. The number of benzene rings is 2. The summed E-state index contributed by atoms with van der Waals surface area (Å²) in [6.45, 7) is 1.95. The highest BCUT2D eigenvalue weighted by Gasteiger charge is 2.31. The largest absolute Gasteiger partial charge is 0.326 e. The normalized spacial score (nSPS) is 22.3. The summed E-state index contributed by atoms with van der Waals surface area (Å²) in [5.74, 6) is 0.846. The first-order chi connectivity index (χ1) is 13.8. The molecule has 1 N–H and O–H groups in total. The molecule has 0 aliphatic carbocycles. The van der Waals surface area contributed by atoms with E-state index in [1.165, 1.54) is 36.0 Å². The van der Waals surface area contributed by atoms with Crippen molar-refractivity contribution in [3.05, 3.63) is 77.9 Å². The van der Waals surface area contributed by atoms with Gasteiger partial charge in [0.2, 0.25) is 5.91 Å². The molecule has 0 bridgehead atoms. The number of hydrogen-bond donors (Lipinski definition) is 1. The average molecular weight is 393 g/mol. The van der Waals surface area contributed by atoms with Crippen LogP contribution in [0.25, 0.3) is 5.57 Å². The van der Waals surface area contributed by atoms with Gasteiger partial charge in [0.15, 0.2) is 0 Å². The number of hydrogen-bond acceptors (Lipinski definition) is 3. The fraction of sp³-hybridized carbons (Fsp3) is 0.375. The van der Waals surface area contributed by atoms with E-state index in [4.69, 9.17) is 0 Å². The molecule has 0 radical (unpaired) electrons. The summed E-state index contributed by atoms with van der Waals surface area (Å²) in [6, 6.07) is 21.5. The van der Waals surface area contributed by atoms with Crippen molar-refractivity contribution in [2.24, 2.45) is 0 Å². The number of amides is 1. The van der Waals surface area contributed by atoms with Crippen LogP contribution in [0.3, 0.4) is 0 Å². The number of rotatable bonds is 6. The minimum Gasteiger partial charge on any atom is -0.326 e. The van der Waals surface area contributed by atoms with Crippen molar-refractivity contribution in [1.82, 2.24) is 10.2 Å². The SMILES string of the molecule is O=C1CSC(C=C(c2ccccc2)c2ccccc2)N1CCC1CCCCN1. The first kappa shape index (κ1) is 19.3. The van der Waals surface area contributed by atoms with E-state index in [9.17, 15) is 4.79 Å². The predicted octanol–water partition coefficient (Wildman–Crippen LogP) is 4.55. The third kappa shape index (κ3) is 4.68. The van der Waals surface area contributed by atoms with Crippen LogP contribution in [0.15, 0.2) is 66.7 Å². The van der Waals surface area contributed by atoms with E-state index in [0.717, 1.165) is 19.5 Å². The summed E-state index contributed by atoms with van der Waals surface area (Å²) in [4.78, 5) is 14.6. The van der Waals surface area contributed by atoms with Gasteiger partial charge in [-0.2, -0.15) is 0 Å². The molecular formula is C24H28N2OS. The van der Waals surface area contributed by atoms with Crippen LogP contribution in [0, 0.1) is 0 Å². The van der Waals surface area contributed by atoms with Gasteiger partial charge in [0.25, 0.3) is 0 Å². The minimum atomic E-state index is 0.103. The Labute approximate surface area is 172 Å². The van der Waals surface area contributed by atoms with Crippen LogP contribution in [0.4, 0.5) is 0 Å². The lowest BCUT2D eigenvalue weighted by Crippen LogP contribution is -2.39. The Bertz CT molecular complexity index is 758. The summed E-state index contributed by atoms with van der Waals surface area (Å²) in [5.41, 5.74) is 3.60. The fourth-order valence-electron chi connectivity index (χ4n) is 4.06. The molecule has 4 rings (SSSR count). The predicted molar refractivity (Wildman–Crippen MR) is 118 cm³/mol. The number of nitrogens with zero attached hydrogens (tertiary/aromatic N) is 1. The Kier molecular flexibility index (Phi) is 6.50. The first-order valence-corrected chi connectivity index (χ1v) is 11.3. The quantitative estimate of drug-likeness (QED) is 0.783. The molecule has 28 heavy (non-hydrogen) atoms. The Morgan fingerprint density at radius 3 is 2.32 bits per heavy atom. The van der Waals surface area contributed by atoms with Crippen LogP contribution in [-0.4, -0.2) is 41.1 Å². The van der Waals surface area contributed by atoms with E-state index < -0.39 is 0 Å². The number of nitrogens with one attached hydrogen (secondary N) is 1. The molecule has 2 saturated heterocycles. The molecule has 2 heterocycles. The molecule has 2 aliphatic heterocycles. The van der Waals surface area contributed by atoms with Gasteiger partial charge >= 0.3 is 0 Å². The van der Waals surface area contributed by atoms with Gasteiger partial charge in [-0.05, 0) is 48.6 Å². The van der Waals surface area contributed by atoms with E-state index in [2.05, 4.69) is 64.8 Å². The monoisotopic (exact) mass is 392 g/mol. The standard InChI is InChI=1S/C24H28N2OS/c27-23-18-28-24(26(23)16-14-21-13-7-8-15-25-21)17-22(19-9-3-1-4-10-19)20-11-5-2-6-12-20/h1-6,9-12,17,21,24-25H,7-8,13-16,18H2. The molecule has 2 unspecified atom stereocenters. The van der Waals surface area contributed by atoms with Crippen molar-refractivity contribution in [2.45, 2.75) is 37.1 Å². The summed E-state index contributed by atoms with van der Waals surface area (Å²) >= 11 is 1.74. The summed E-state index contributed by atoms with van der Waals surface area (Å²) in [5, 5.41) is 3.71. The minimum absolute atomic E-state index is 0.103. The number of piperidine rings is 1. The van der Waals surface area contributed by atoms with Crippen LogP contribution in [-0.2, 0) is 4.79 Å². The van der Waals surface area contributed by atoms with Gasteiger partial charge < -0.3 is 10.2 Å². The van der Waals surface area contributed by atoms with Crippen LogP contribution < -0.4 is 5.32 Å². The fourth-order valence-corrected chi connectivity index (χ4v) is 5.18. The lowest BCUT2D eigenvalue weighted by Gasteiger charge is -2.28. The summed E-state index contributed by atoms with van der Waals surface area (Å²) < 4.78 is 0. The Balaban J connectivity index is 1.56. The molecule has 2 aromatic carbocycles. The molecule has 0 spiro atoms. The summed E-state index contributed by atoms with van der Waals surface area (Å²) in [6.07, 6.45) is 7.14. The summed E-state index contributed by atoms with van der Waals surface area (Å²) in [7, 11) is 0. The molecule has 2 aromatic rings. The number of thioether (sulfide) groups is 1. The van der Waals surface area contributed by atoms with Crippen molar-refractivity contribution >= 4 is 23.2 Å². The van der Waals surface area contributed by atoms with Crippen molar-refractivity contribution in [2.75, 3.05) is 18.8 Å². The lowest BCUT2D eigenvalue weighted by molar-refractivity contribution is -0.127. The molecule has 4 heteroatoms. The van der Waals surface area contributed by atoms with Crippen molar-refractivity contribution in [3.63, 3.8) is 0 Å². The van der Waals surface area contributed by atoms with E-state index >= 15 is 0 Å².